The highest BCUT2D eigenvalue weighted by atomic mass is 28.4. The summed E-state index contributed by atoms with van der Waals surface area (Å²) in [4.78, 5) is 12.9. The maximum atomic E-state index is 12.9. The number of carbonyl (C=O) groups excluding carboxylic acids is 1. The van der Waals surface area contributed by atoms with Gasteiger partial charge in [-0.1, -0.05) is 60.6 Å². The molecule has 0 unspecified atom stereocenters. The summed E-state index contributed by atoms with van der Waals surface area (Å²) in [6.45, 7) is 25.5. The number of allylic oxidation sites excluding steroid dienone is 1. The Morgan fingerprint density at radius 1 is 1.03 bits per heavy atom. The molecule has 2 rings (SSSR count). The molecule has 0 aromatic heterocycles. The van der Waals surface area contributed by atoms with Crippen molar-refractivity contribution >= 4 is 22.4 Å². The second-order valence-corrected chi connectivity index (χ2v) is 21.9. The molecule has 0 bridgehead atoms. The van der Waals surface area contributed by atoms with Crippen LogP contribution in [-0.2, 0) is 13.6 Å². The van der Waals surface area contributed by atoms with Gasteiger partial charge in [-0.05, 0) is 54.7 Å². The third kappa shape index (κ3) is 4.89. The van der Waals surface area contributed by atoms with Crippen LogP contribution in [0.25, 0.3) is 0 Å². The molecule has 0 N–H and O–H groups in total. The van der Waals surface area contributed by atoms with E-state index in [1.807, 2.05) is 0 Å². The van der Waals surface area contributed by atoms with E-state index in [2.05, 4.69) is 86.8 Å². The standard InChI is InChI=1S/C24H44O3Si2/c1-22(2,3)28(8,9)26-17-18-19-13-12-14-21(24(19,7)16-15-20(18)25)27-29(10,11)23(4,5)6/h12-13,21H,14-17H2,1-11H3/t21-,24-/m0/s1. The van der Waals surface area contributed by atoms with Crippen molar-refractivity contribution < 1.29 is 13.6 Å². The normalized spacial score (nSPS) is 26.7. The first-order valence-electron chi connectivity index (χ1n) is 11.2. The molecule has 0 radical (unpaired) electrons. The molecule has 166 valence electrons. The molecule has 0 spiro atoms. The van der Waals surface area contributed by atoms with Crippen LogP contribution < -0.4 is 0 Å². The summed E-state index contributed by atoms with van der Waals surface area (Å²) >= 11 is 0. The van der Waals surface area contributed by atoms with Crippen molar-refractivity contribution in [3.05, 3.63) is 23.3 Å². The van der Waals surface area contributed by atoms with E-state index in [-0.39, 0.29) is 27.4 Å². The number of hydrogen-bond donors (Lipinski definition) is 0. The monoisotopic (exact) mass is 436 g/mol. The fraction of sp³-hybridized carbons (Fsp3) is 0.792. The quantitative estimate of drug-likeness (QED) is 0.434. The highest BCUT2D eigenvalue weighted by Gasteiger charge is 2.49. The molecule has 0 heterocycles. The third-order valence-corrected chi connectivity index (χ3v) is 17.1. The van der Waals surface area contributed by atoms with Crippen molar-refractivity contribution in [1.82, 2.24) is 0 Å². The molecule has 0 aromatic carbocycles. The molecule has 2 aliphatic rings. The van der Waals surface area contributed by atoms with Gasteiger partial charge in [-0.2, -0.15) is 0 Å². The van der Waals surface area contributed by atoms with E-state index in [4.69, 9.17) is 8.85 Å². The van der Waals surface area contributed by atoms with Gasteiger partial charge in [-0.3, -0.25) is 4.79 Å². The van der Waals surface area contributed by atoms with Gasteiger partial charge in [0.15, 0.2) is 22.4 Å². The van der Waals surface area contributed by atoms with E-state index in [1.165, 1.54) is 5.57 Å². The summed E-state index contributed by atoms with van der Waals surface area (Å²) in [6, 6.07) is 0. The molecule has 3 nitrogen and oxygen atoms in total. The van der Waals surface area contributed by atoms with Crippen LogP contribution in [0.5, 0.6) is 0 Å². The van der Waals surface area contributed by atoms with E-state index in [1.54, 1.807) is 0 Å². The molecule has 0 saturated carbocycles. The Kier molecular flexibility index (Phi) is 6.73. The zero-order chi connectivity index (χ0) is 22.5. The van der Waals surface area contributed by atoms with Crippen molar-refractivity contribution in [1.29, 1.82) is 0 Å². The van der Waals surface area contributed by atoms with Crippen LogP contribution in [0, 0.1) is 5.41 Å². The summed E-state index contributed by atoms with van der Waals surface area (Å²) in [5.74, 6) is 0.258. The first kappa shape index (κ1) is 24.8. The molecule has 2 aliphatic carbocycles. The summed E-state index contributed by atoms with van der Waals surface area (Å²) in [5.41, 5.74) is 1.95. The molecule has 0 saturated heterocycles. The molecular formula is C24H44O3Si2. The van der Waals surface area contributed by atoms with Gasteiger partial charge in [-0.25, -0.2) is 0 Å². The van der Waals surface area contributed by atoms with Crippen LogP contribution in [0.15, 0.2) is 23.3 Å². The Hall–Kier alpha value is -0.496. The number of carbonyl (C=O) groups is 1. The summed E-state index contributed by atoms with van der Waals surface area (Å²) < 4.78 is 13.4. The minimum Gasteiger partial charge on any atom is -0.413 e. The van der Waals surface area contributed by atoms with Gasteiger partial charge >= 0.3 is 0 Å². The van der Waals surface area contributed by atoms with E-state index < -0.39 is 16.6 Å². The minimum absolute atomic E-state index is 0.107. The van der Waals surface area contributed by atoms with Crippen LogP contribution in [-0.4, -0.2) is 35.1 Å². The fourth-order valence-corrected chi connectivity index (χ4v) is 6.05. The molecule has 0 amide bonds. The number of rotatable bonds is 5. The summed E-state index contributed by atoms with van der Waals surface area (Å²) in [5, 5.41) is 0.308. The van der Waals surface area contributed by atoms with E-state index in [0.29, 0.717) is 13.0 Å². The first-order chi connectivity index (χ1) is 12.9. The molecule has 0 aliphatic heterocycles. The highest BCUT2D eigenvalue weighted by molar-refractivity contribution is 6.74. The Morgan fingerprint density at radius 3 is 2.10 bits per heavy atom. The van der Waals surface area contributed by atoms with Gasteiger partial charge in [0.2, 0.25) is 0 Å². The maximum absolute atomic E-state index is 12.9. The number of ketones is 1. The molecule has 5 heteroatoms. The van der Waals surface area contributed by atoms with Crippen LogP contribution in [0.1, 0.15) is 67.7 Å². The lowest BCUT2D eigenvalue weighted by Crippen LogP contribution is -2.51. The topological polar surface area (TPSA) is 35.5 Å². The smallest absolute Gasteiger partial charge is 0.192 e. The Morgan fingerprint density at radius 2 is 1.59 bits per heavy atom. The number of hydrogen-bond acceptors (Lipinski definition) is 3. The van der Waals surface area contributed by atoms with Crippen LogP contribution >= 0.6 is 0 Å². The van der Waals surface area contributed by atoms with Gasteiger partial charge in [0.1, 0.15) is 0 Å². The molecule has 29 heavy (non-hydrogen) atoms. The maximum Gasteiger partial charge on any atom is 0.192 e. The Balaban J connectivity index is 2.37. The minimum atomic E-state index is -1.91. The average molecular weight is 437 g/mol. The van der Waals surface area contributed by atoms with Gasteiger partial charge in [0, 0.05) is 17.4 Å². The highest BCUT2D eigenvalue weighted by Crippen LogP contribution is 2.50. The van der Waals surface area contributed by atoms with E-state index in [0.717, 1.165) is 18.4 Å². The first-order valence-corrected chi connectivity index (χ1v) is 17.0. The number of Topliss-reactive ketones (excluding diaryl/α,β-unsaturated/α-hetero) is 1. The van der Waals surface area contributed by atoms with Crippen molar-refractivity contribution in [2.75, 3.05) is 6.61 Å². The lowest BCUT2D eigenvalue weighted by atomic mass is 9.64. The summed E-state index contributed by atoms with van der Waals surface area (Å²) in [6.07, 6.45) is 6.93. The van der Waals surface area contributed by atoms with Gasteiger partial charge in [-0.15, -0.1) is 0 Å². The van der Waals surface area contributed by atoms with Crippen molar-refractivity contribution in [2.45, 2.75) is 110 Å². The Bertz CT molecular complexity index is 705. The molecule has 0 aromatic rings. The van der Waals surface area contributed by atoms with Gasteiger partial charge < -0.3 is 8.85 Å². The predicted octanol–water partition coefficient (Wildman–Crippen LogP) is 7.02. The lowest BCUT2D eigenvalue weighted by Gasteiger charge is -2.49. The second kappa shape index (κ2) is 7.88. The molecular weight excluding hydrogens is 392 g/mol. The van der Waals surface area contributed by atoms with Gasteiger partial charge in [0.25, 0.3) is 0 Å². The molecule has 0 fully saturated rings. The van der Waals surface area contributed by atoms with Crippen LogP contribution in [0.3, 0.4) is 0 Å². The lowest BCUT2D eigenvalue weighted by molar-refractivity contribution is -0.117. The Labute approximate surface area is 181 Å². The van der Waals surface area contributed by atoms with Gasteiger partial charge in [0.05, 0.1) is 12.7 Å². The average Bonchev–Trinajstić information content (AvgIpc) is 2.53. The number of fused-ring (bicyclic) bond motifs is 1. The largest absolute Gasteiger partial charge is 0.413 e. The SMILES string of the molecule is CC(C)(C)[Si](C)(C)OCC1=C2C=CC[C@H](O[Si](C)(C)C(C)(C)C)[C@@]2(C)CCC1=O. The second-order valence-electron chi connectivity index (χ2n) is 12.3. The van der Waals surface area contributed by atoms with E-state index >= 15 is 0 Å². The van der Waals surface area contributed by atoms with Crippen molar-refractivity contribution in [2.24, 2.45) is 5.41 Å². The van der Waals surface area contributed by atoms with Crippen LogP contribution in [0.4, 0.5) is 0 Å². The van der Waals surface area contributed by atoms with Crippen LogP contribution in [0.2, 0.25) is 36.3 Å². The molecule has 2 atom stereocenters. The van der Waals surface area contributed by atoms with Crippen molar-refractivity contribution in [3.8, 4) is 0 Å². The zero-order valence-electron chi connectivity index (χ0n) is 20.8. The van der Waals surface area contributed by atoms with E-state index in [9.17, 15) is 4.79 Å². The summed E-state index contributed by atoms with van der Waals surface area (Å²) in [7, 11) is -3.81. The third-order valence-electron chi connectivity index (χ3n) is 8.12. The fourth-order valence-electron chi connectivity index (χ4n) is 3.69. The zero-order valence-corrected chi connectivity index (χ0v) is 22.8. The predicted molar refractivity (Wildman–Crippen MR) is 128 cm³/mol. The van der Waals surface area contributed by atoms with Crippen molar-refractivity contribution in [3.63, 3.8) is 0 Å².